The molecule has 1 aromatic carbocycles. The highest BCUT2D eigenvalue weighted by Crippen LogP contribution is 2.32. The molecule has 0 saturated carbocycles. The predicted octanol–water partition coefficient (Wildman–Crippen LogP) is 4.10. The summed E-state index contributed by atoms with van der Waals surface area (Å²) in [5.41, 5.74) is 6.30. The van der Waals surface area contributed by atoms with Crippen molar-refractivity contribution in [2.75, 3.05) is 5.32 Å². The number of alkyl halides is 3. The van der Waals surface area contributed by atoms with Gasteiger partial charge >= 0.3 is 6.18 Å². The van der Waals surface area contributed by atoms with Crippen LogP contribution in [0.2, 0.25) is 0 Å². The van der Waals surface area contributed by atoms with Gasteiger partial charge in [-0.3, -0.25) is 4.79 Å². The van der Waals surface area contributed by atoms with Crippen LogP contribution in [0.5, 0.6) is 5.75 Å². The molecule has 1 aromatic heterocycles. The summed E-state index contributed by atoms with van der Waals surface area (Å²) >= 11 is 0. The number of ether oxygens (including phenoxy) is 1. The lowest BCUT2D eigenvalue weighted by atomic mass is 9.96. The molecule has 3 rings (SSSR count). The average molecular weight is 420 g/mol. The Balaban J connectivity index is 1.66. The van der Waals surface area contributed by atoms with Crippen molar-refractivity contribution in [1.29, 1.82) is 0 Å². The molecule has 1 heterocycles. The number of aromatic nitrogens is 2. The van der Waals surface area contributed by atoms with E-state index in [0.717, 1.165) is 23.4 Å². The molecule has 0 spiro atoms. The Morgan fingerprint density at radius 2 is 1.97 bits per heavy atom. The van der Waals surface area contributed by atoms with Crippen molar-refractivity contribution in [2.24, 2.45) is 5.73 Å². The Morgan fingerprint density at radius 1 is 1.27 bits per heavy atom. The zero-order valence-electron chi connectivity index (χ0n) is 16.7. The molecule has 0 bridgehead atoms. The first-order valence-corrected chi connectivity index (χ1v) is 9.56. The lowest BCUT2D eigenvalue weighted by Crippen LogP contribution is -2.32. The van der Waals surface area contributed by atoms with E-state index in [1.807, 2.05) is 13.0 Å². The molecule has 1 aliphatic rings. The van der Waals surface area contributed by atoms with Crippen LogP contribution in [-0.2, 0) is 11.0 Å². The van der Waals surface area contributed by atoms with Crippen LogP contribution in [0.1, 0.15) is 43.3 Å². The van der Waals surface area contributed by atoms with Gasteiger partial charge in [0.25, 0.3) is 0 Å². The average Bonchev–Trinajstić information content (AvgIpc) is 2.67. The monoisotopic (exact) mass is 420 g/mol. The van der Waals surface area contributed by atoms with Crippen molar-refractivity contribution in [3.63, 3.8) is 0 Å². The van der Waals surface area contributed by atoms with Gasteiger partial charge in [-0.2, -0.15) is 13.2 Å². The fraction of sp³-hybridized carbons (Fsp3) is 0.381. The van der Waals surface area contributed by atoms with Gasteiger partial charge in [-0.1, -0.05) is 6.08 Å². The topological polar surface area (TPSA) is 90.1 Å². The summed E-state index contributed by atoms with van der Waals surface area (Å²) in [6.45, 7) is 3.49. The number of primary amides is 1. The first-order valence-electron chi connectivity index (χ1n) is 9.56. The van der Waals surface area contributed by atoms with E-state index in [1.54, 1.807) is 13.0 Å². The van der Waals surface area contributed by atoms with Gasteiger partial charge in [-0.15, -0.1) is 0 Å². The van der Waals surface area contributed by atoms with E-state index in [4.69, 9.17) is 10.5 Å². The van der Waals surface area contributed by atoms with Gasteiger partial charge in [-0.25, -0.2) is 9.97 Å². The fourth-order valence-corrected chi connectivity index (χ4v) is 3.11. The van der Waals surface area contributed by atoms with Gasteiger partial charge in [0.1, 0.15) is 23.7 Å². The minimum absolute atomic E-state index is 0.136. The minimum Gasteiger partial charge on any atom is -0.490 e. The highest BCUT2D eigenvalue weighted by Gasteiger charge is 2.30. The normalized spacial score (nSPS) is 17.8. The number of carbonyl (C=O) groups excluding carboxylic acids is 1. The van der Waals surface area contributed by atoms with E-state index >= 15 is 0 Å². The number of rotatable bonds is 6. The number of nitrogens with zero attached hydrogens (tertiary/aromatic N) is 2. The fourth-order valence-electron chi connectivity index (χ4n) is 3.11. The number of amides is 1. The summed E-state index contributed by atoms with van der Waals surface area (Å²) < 4.78 is 43.8. The Hall–Kier alpha value is -3.10. The molecule has 0 saturated heterocycles. The first kappa shape index (κ1) is 21.6. The van der Waals surface area contributed by atoms with Crippen LogP contribution < -0.4 is 15.8 Å². The third-order valence-corrected chi connectivity index (χ3v) is 4.78. The van der Waals surface area contributed by atoms with Crippen LogP contribution >= 0.6 is 0 Å². The second kappa shape index (κ2) is 8.73. The van der Waals surface area contributed by atoms with E-state index in [2.05, 4.69) is 15.3 Å². The molecule has 2 unspecified atom stereocenters. The molecule has 0 aliphatic heterocycles. The van der Waals surface area contributed by atoms with Crippen molar-refractivity contribution in [2.45, 2.75) is 51.4 Å². The van der Waals surface area contributed by atoms with Crippen molar-refractivity contribution in [3.05, 3.63) is 53.5 Å². The highest BCUT2D eigenvalue weighted by molar-refractivity contribution is 5.82. The van der Waals surface area contributed by atoms with Crippen molar-refractivity contribution in [3.8, 4) is 5.75 Å². The molecular weight excluding hydrogens is 397 g/mol. The standard InChI is InChI=1S/C21H23F3N4O2/c1-12-11-18(27-13(2)19(25)29)28-20(26-12)14-3-7-16(8-4-14)30-17-9-5-15(6-10-17)21(22,23)24/h3,5-6,9-11,13,16H,4,7-8H2,1-2H3,(H2,25,29)(H,26,27,28). The van der Waals surface area contributed by atoms with Crippen molar-refractivity contribution < 1.29 is 22.7 Å². The summed E-state index contributed by atoms with van der Waals surface area (Å²) in [6, 6.07) is 5.88. The molecule has 2 atom stereocenters. The van der Waals surface area contributed by atoms with E-state index in [9.17, 15) is 18.0 Å². The molecule has 1 amide bonds. The molecule has 0 radical (unpaired) electrons. The van der Waals surface area contributed by atoms with Gasteiger partial charge in [-0.05, 0) is 56.5 Å². The maximum Gasteiger partial charge on any atom is 0.416 e. The number of allylic oxidation sites excluding steroid dienone is 1. The second-order valence-corrected chi connectivity index (χ2v) is 7.25. The predicted molar refractivity (Wildman–Crippen MR) is 107 cm³/mol. The lowest BCUT2D eigenvalue weighted by Gasteiger charge is -2.23. The smallest absolute Gasteiger partial charge is 0.416 e. The van der Waals surface area contributed by atoms with Crippen LogP contribution in [0, 0.1) is 6.92 Å². The maximum atomic E-state index is 12.7. The van der Waals surface area contributed by atoms with Gasteiger partial charge in [0.2, 0.25) is 5.91 Å². The van der Waals surface area contributed by atoms with E-state index in [0.29, 0.717) is 36.7 Å². The Kier molecular flexibility index (Phi) is 6.28. The van der Waals surface area contributed by atoms with Crippen LogP contribution in [0.3, 0.4) is 0 Å². The zero-order valence-corrected chi connectivity index (χ0v) is 16.7. The molecule has 6 nitrogen and oxygen atoms in total. The number of nitrogens with one attached hydrogen (secondary N) is 1. The van der Waals surface area contributed by atoms with Crippen molar-refractivity contribution in [1.82, 2.24) is 9.97 Å². The highest BCUT2D eigenvalue weighted by atomic mass is 19.4. The third-order valence-electron chi connectivity index (χ3n) is 4.78. The molecule has 160 valence electrons. The summed E-state index contributed by atoms with van der Waals surface area (Å²) in [7, 11) is 0. The number of nitrogens with two attached hydrogens (primary N) is 1. The Morgan fingerprint density at radius 3 is 2.53 bits per heavy atom. The molecule has 3 N–H and O–H groups in total. The number of halogens is 3. The molecular formula is C21H23F3N4O2. The number of carbonyl (C=O) groups is 1. The van der Waals surface area contributed by atoms with Crippen molar-refractivity contribution >= 4 is 17.3 Å². The largest absolute Gasteiger partial charge is 0.490 e. The van der Waals surface area contributed by atoms with E-state index in [-0.39, 0.29) is 6.10 Å². The quantitative estimate of drug-likeness (QED) is 0.734. The van der Waals surface area contributed by atoms with Gasteiger partial charge in [0.05, 0.1) is 5.56 Å². The number of aryl methyl sites for hydroxylation is 1. The molecule has 2 aromatic rings. The van der Waals surface area contributed by atoms with Crippen LogP contribution in [0.25, 0.3) is 5.57 Å². The summed E-state index contributed by atoms with van der Waals surface area (Å²) in [6.07, 6.45) is -0.576. The molecule has 0 fully saturated rings. The Labute approximate surface area is 172 Å². The van der Waals surface area contributed by atoms with Crippen LogP contribution in [-0.4, -0.2) is 28.0 Å². The van der Waals surface area contributed by atoms with Crippen LogP contribution in [0.15, 0.2) is 36.4 Å². The van der Waals surface area contributed by atoms with Crippen LogP contribution in [0.4, 0.5) is 19.0 Å². The number of anilines is 1. The second-order valence-electron chi connectivity index (χ2n) is 7.25. The van der Waals surface area contributed by atoms with Gasteiger partial charge in [0.15, 0.2) is 5.82 Å². The SMILES string of the molecule is Cc1cc(NC(C)C(N)=O)nc(C2=CCC(Oc3ccc(C(F)(F)F)cc3)CC2)n1. The summed E-state index contributed by atoms with van der Waals surface area (Å²) in [5, 5.41) is 2.96. The zero-order chi connectivity index (χ0) is 21.9. The lowest BCUT2D eigenvalue weighted by molar-refractivity contribution is -0.137. The first-order chi connectivity index (χ1) is 14.1. The van der Waals surface area contributed by atoms with Gasteiger partial charge < -0.3 is 15.8 Å². The van der Waals surface area contributed by atoms with Gasteiger partial charge in [0, 0.05) is 18.2 Å². The maximum absolute atomic E-state index is 12.7. The van der Waals surface area contributed by atoms with E-state index in [1.165, 1.54) is 12.1 Å². The number of hydrogen-bond acceptors (Lipinski definition) is 5. The molecule has 9 heteroatoms. The minimum atomic E-state index is -4.36. The van der Waals surface area contributed by atoms with E-state index < -0.39 is 23.7 Å². The molecule has 1 aliphatic carbocycles. The summed E-state index contributed by atoms with van der Waals surface area (Å²) in [4.78, 5) is 20.2. The number of hydrogen-bond donors (Lipinski definition) is 2. The third kappa shape index (κ3) is 5.49. The summed E-state index contributed by atoms with van der Waals surface area (Å²) in [5.74, 6) is 1.02. The Bertz CT molecular complexity index is 942. The number of benzene rings is 1. The molecule has 30 heavy (non-hydrogen) atoms.